The van der Waals surface area contributed by atoms with Gasteiger partial charge in [-0.25, -0.2) is 0 Å². The van der Waals surface area contributed by atoms with Crippen LogP contribution in [0, 0.1) is 11.8 Å². The summed E-state index contributed by atoms with van der Waals surface area (Å²) in [6.07, 6.45) is 13.4. The fourth-order valence-electron chi connectivity index (χ4n) is 5.00. The Hall–Kier alpha value is -1.06. The third-order valence-corrected chi connectivity index (χ3v) is 6.45. The summed E-state index contributed by atoms with van der Waals surface area (Å²) in [5.41, 5.74) is 0. The van der Waals surface area contributed by atoms with Crippen molar-refractivity contribution in [2.45, 2.75) is 83.1 Å². The van der Waals surface area contributed by atoms with Crippen molar-refractivity contribution >= 4 is 11.8 Å². The molecule has 1 saturated heterocycles. The lowest BCUT2D eigenvalue weighted by molar-refractivity contribution is -0.143. The van der Waals surface area contributed by atoms with Gasteiger partial charge in [-0.05, 0) is 38.5 Å². The molecule has 0 bridgehead atoms. The molecule has 2 atom stereocenters. The van der Waals surface area contributed by atoms with Crippen LogP contribution >= 0.6 is 0 Å². The first-order valence-electron chi connectivity index (χ1n) is 10.2. The average Bonchev–Trinajstić information content (AvgIpc) is 3.08. The van der Waals surface area contributed by atoms with Gasteiger partial charge >= 0.3 is 0 Å². The van der Waals surface area contributed by atoms with Gasteiger partial charge in [0, 0.05) is 32.1 Å². The maximum Gasteiger partial charge on any atom is 0.227 e. The molecule has 1 heterocycles. The molecule has 0 spiro atoms. The van der Waals surface area contributed by atoms with E-state index in [1.807, 2.05) is 11.9 Å². The van der Waals surface area contributed by atoms with Crippen LogP contribution in [0.15, 0.2) is 0 Å². The van der Waals surface area contributed by atoms with Crippen molar-refractivity contribution in [1.82, 2.24) is 9.80 Å². The van der Waals surface area contributed by atoms with Crippen molar-refractivity contribution in [2.24, 2.45) is 11.8 Å². The van der Waals surface area contributed by atoms with E-state index >= 15 is 0 Å². The monoisotopic (exact) mass is 334 g/mol. The van der Waals surface area contributed by atoms with Gasteiger partial charge < -0.3 is 9.80 Å². The quantitative estimate of drug-likeness (QED) is 0.735. The largest absolute Gasteiger partial charge is 0.345 e. The number of hydrogen-bond donors (Lipinski definition) is 0. The number of rotatable bonds is 1. The summed E-state index contributed by atoms with van der Waals surface area (Å²) in [6, 6.07) is 0.160. The van der Waals surface area contributed by atoms with Crippen LogP contribution in [-0.4, -0.2) is 47.8 Å². The number of carbonyl (C=O) groups excluding carboxylic acids is 2. The van der Waals surface area contributed by atoms with Gasteiger partial charge in [-0.3, -0.25) is 9.59 Å². The number of carbonyl (C=O) groups is 2. The summed E-state index contributed by atoms with van der Waals surface area (Å²) in [5.74, 6) is 0.903. The van der Waals surface area contributed by atoms with E-state index in [4.69, 9.17) is 0 Å². The molecule has 4 heteroatoms. The van der Waals surface area contributed by atoms with Crippen molar-refractivity contribution in [3.05, 3.63) is 0 Å². The number of hydrogen-bond acceptors (Lipinski definition) is 2. The van der Waals surface area contributed by atoms with Crippen molar-refractivity contribution in [3.8, 4) is 0 Å². The molecule has 0 N–H and O–H groups in total. The number of fused-ring (bicyclic) bond motifs is 1. The molecule has 2 aliphatic carbocycles. The van der Waals surface area contributed by atoms with E-state index in [0.717, 1.165) is 58.0 Å². The highest BCUT2D eigenvalue weighted by atomic mass is 16.2. The third kappa shape index (κ3) is 3.94. The minimum absolute atomic E-state index is 0.0423. The lowest BCUT2D eigenvalue weighted by Gasteiger charge is -2.37. The predicted molar refractivity (Wildman–Crippen MR) is 95.5 cm³/mol. The van der Waals surface area contributed by atoms with Gasteiger partial charge in [-0.15, -0.1) is 0 Å². The SMILES string of the molecule is CN1CCCCCCN(C(=O)C2CCCCC2)C2CCCC2C1=O. The van der Waals surface area contributed by atoms with E-state index in [1.54, 1.807) is 0 Å². The Kier molecular flexibility index (Phi) is 6.18. The van der Waals surface area contributed by atoms with Crippen LogP contribution < -0.4 is 0 Å². The maximum absolute atomic E-state index is 13.2. The molecular formula is C20H34N2O2. The molecule has 0 aromatic heterocycles. The molecule has 0 aromatic carbocycles. The Bertz CT molecular complexity index is 445. The fraction of sp³-hybridized carbons (Fsp3) is 0.900. The summed E-state index contributed by atoms with van der Waals surface area (Å²) in [6.45, 7) is 1.74. The Balaban J connectivity index is 1.78. The third-order valence-electron chi connectivity index (χ3n) is 6.45. The number of nitrogens with zero attached hydrogens (tertiary/aromatic N) is 2. The van der Waals surface area contributed by atoms with Crippen LogP contribution in [0.2, 0.25) is 0 Å². The Morgan fingerprint density at radius 1 is 0.833 bits per heavy atom. The van der Waals surface area contributed by atoms with Crippen molar-refractivity contribution in [1.29, 1.82) is 0 Å². The molecule has 3 aliphatic rings. The minimum atomic E-state index is 0.0423. The van der Waals surface area contributed by atoms with Gasteiger partial charge in [0.05, 0.1) is 5.92 Å². The zero-order chi connectivity index (χ0) is 16.9. The van der Waals surface area contributed by atoms with E-state index in [-0.39, 0.29) is 23.8 Å². The van der Waals surface area contributed by atoms with Gasteiger partial charge in [0.15, 0.2) is 0 Å². The van der Waals surface area contributed by atoms with E-state index in [9.17, 15) is 9.59 Å². The van der Waals surface area contributed by atoms with Crippen LogP contribution in [0.4, 0.5) is 0 Å². The molecule has 2 unspecified atom stereocenters. The second-order valence-corrected chi connectivity index (χ2v) is 8.15. The Morgan fingerprint density at radius 2 is 1.50 bits per heavy atom. The summed E-state index contributed by atoms with van der Waals surface area (Å²) in [4.78, 5) is 30.2. The molecule has 3 rings (SSSR count). The second-order valence-electron chi connectivity index (χ2n) is 8.15. The van der Waals surface area contributed by atoms with Gasteiger partial charge in [0.1, 0.15) is 0 Å². The Labute approximate surface area is 146 Å². The zero-order valence-electron chi connectivity index (χ0n) is 15.3. The van der Waals surface area contributed by atoms with Gasteiger partial charge in [-0.2, -0.15) is 0 Å². The molecule has 24 heavy (non-hydrogen) atoms. The second kappa shape index (κ2) is 8.35. The molecule has 4 nitrogen and oxygen atoms in total. The smallest absolute Gasteiger partial charge is 0.227 e. The molecule has 0 aromatic rings. The van der Waals surface area contributed by atoms with Crippen LogP contribution in [0.5, 0.6) is 0 Å². The van der Waals surface area contributed by atoms with E-state index in [2.05, 4.69) is 4.90 Å². The highest BCUT2D eigenvalue weighted by Gasteiger charge is 2.41. The van der Waals surface area contributed by atoms with Crippen LogP contribution in [0.1, 0.15) is 77.0 Å². The molecule has 0 radical (unpaired) electrons. The van der Waals surface area contributed by atoms with E-state index < -0.39 is 0 Å². The van der Waals surface area contributed by atoms with Crippen LogP contribution in [0.25, 0.3) is 0 Å². The van der Waals surface area contributed by atoms with Gasteiger partial charge in [0.25, 0.3) is 0 Å². The zero-order valence-corrected chi connectivity index (χ0v) is 15.3. The number of amides is 2. The highest BCUT2D eigenvalue weighted by Crippen LogP contribution is 2.35. The first-order valence-corrected chi connectivity index (χ1v) is 10.2. The maximum atomic E-state index is 13.2. The van der Waals surface area contributed by atoms with Crippen molar-refractivity contribution < 1.29 is 9.59 Å². The van der Waals surface area contributed by atoms with E-state index in [1.165, 1.54) is 32.1 Å². The molecule has 1 aliphatic heterocycles. The lowest BCUT2D eigenvalue weighted by Crippen LogP contribution is -2.49. The van der Waals surface area contributed by atoms with E-state index in [0.29, 0.717) is 5.91 Å². The summed E-state index contributed by atoms with van der Waals surface area (Å²) in [7, 11) is 1.95. The Morgan fingerprint density at radius 3 is 2.25 bits per heavy atom. The van der Waals surface area contributed by atoms with Crippen LogP contribution in [0.3, 0.4) is 0 Å². The summed E-state index contributed by atoms with van der Waals surface area (Å²) in [5, 5.41) is 0. The topological polar surface area (TPSA) is 40.6 Å². The molecule has 2 amide bonds. The predicted octanol–water partition coefficient (Wildman–Crippen LogP) is 3.60. The van der Waals surface area contributed by atoms with Gasteiger partial charge in [0.2, 0.25) is 11.8 Å². The van der Waals surface area contributed by atoms with Crippen molar-refractivity contribution in [3.63, 3.8) is 0 Å². The van der Waals surface area contributed by atoms with Crippen molar-refractivity contribution in [2.75, 3.05) is 20.1 Å². The summed E-state index contributed by atoms with van der Waals surface area (Å²) < 4.78 is 0. The average molecular weight is 335 g/mol. The standard InChI is InChI=1S/C20H34N2O2/c1-21-14-7-2-3-8-15-22(18-13-9-12-17(18)20(21)24)19(23)16-10-5-4-6-11-16/h16-18H,2-15H2,1H3. The molecular weight excluding hydrogens is 300 g/mol. The molecule has 2 saturated carbocycles. The normalized spacial score (nSPS) is 30.8. The fourth-order valence-corrected chi connectivity index (χ4v) is 5.00. The first-order chi connectivity index (χ1) is 11.7. The lowest BCUT2D eigenvalue weighted by atomic mass is 9.87. The first kappa shape index (κ1) is 17.8. The van der Waals surface area contributed by atoms with Gasteiger partial charge in [-0.1, -0.05) is 38.5 Å². The molecule has 3 fully saturated rings. The van der Waals surface area contributed by atoms with Crippen LogP contribution in [-0.2, 0) is 9.59 Å². The summed E-state index contributed by atoms with van der Waals surface area (Å²) >= 11 is 0. The minimum Gasteiger partial charge on any atom is -0.345 e. The highest BCUT2D eigenvalue weighted by molar-refractivity contribution is 5.83. The molecule has 136 valence electrons.